The van der Waals surface area contributed by atoms with Gasteiger partial charge in [0, 0.05) is 6.54 Å². The fourth-order valence-electron chi connectivity index (χ4n) is 2.02. The highest BCUT2D eigenvalue weighted by atomic mass is 79.9. The topological polar surface area (TPSA) is 30.5 Å². The summed E-state index contributed by atoms with van der Waals surface area (Å²) >= 11 is 3.58. The van der Waals surface area contributed by atoms with Crippen molar-refractivity contribution < 1.29 is 9.47 Å². The van der Waals surface area contributed by atoms with Gasteiger partial charge in [0.05, 0.1) is 18.2 Å². The van der Waals surface area contributed by atoms with Gasteiger partial charge in [-0.3, -0.25) is 0 Å². The molecule has 0 radical (unpaired) electrons. The van der Waals surface area contributed by atoms with Crippen molar-refractivity contribution in [1.29, 1.82) is 0 Å². The SMILES string of the molecule is CCNCc1cc(Br)c(OCCC2CC2)c(OC)c1. The molecule has 2 rings (SSSR count). The molecule has 3 nitrogen and oxygen atoms in total. The van der Waals surface area contributed by atoms with Gasteiger partial charge in [-0.1, -0.05) is 19.8 Å². The van der Waals surface area contributed by atoms with Crippen LogP contribution in [0.3, 0.4) is 0 Å². The van der Waals surface area contributed by atoms with Crippen LogP contribution in [0.25, 0.3) is 0 Å². The van der Waals surface area contributed by atoms with Crippen LogP contribution in [-0.4, -0.2) is 20.3 Å². The molecule has 1 aromatic rings. The lowest BCUT2D eigenvalue weighted by atomic mass is 10.2. The van der Waals surface area contributed by atoms with Crippen LogP contribution < -0.4 is 14.8 Å². The molecule has 1 saturated carbocycles. The number of rotatable bonds is 8. The first-order valence-corrected chi connectivity index (χ1v) is 7.73. The molecule has 106 valence electrons. The number of ether oxygens (including phenoxy) is 2. The first-order chi connectivity index (χ1) is 9.24. The van der Waals surface area contributed by atoms with Crippen LogP contribution in [0.1, 0.15) is 31.7 Å². The van der Waals surface area contributed by atoms with Crippen molar-refractivity contribution in [3.8, 4) is 11.5 Å². The van der Waals surface area contributed by atoms with E-state index in [2.05, 4.69) is 34.2 Å². The Hall–Kier alpha value is -0.740. The Morgan fingerprint density at radius 3 is 2.79 bits per heavy atom. The molecule has 0 heterocycles. The van der Waals surface area contributed by atoms with Gasteiger partial charge in [-0.15, -0.1) is 0 Å². The van der Waals surface area contributed by atoms with Crippen molar-refractivity contribution >= 4 is 15.9 Å². The van der Waals surface area contributed by atoms with Crippen LogP contribution in [0, 0.1) is 5.92 Å². The monoisotopic (exact) mass is 327 g/mol. The van der Waals surface area contributed by atoms with Crippen LogP contribution in [0.15, 0.2) is 16.6 Å². The zero-order valence-corrected chi connectivity index (χ0v) is 13.3. The largest absolute Gasteiger partial charge is 0.493 e. The van der Waals surface area contributed by atoms with Crippen molar-refractivity contribution in [3.63, 3.8) is 0 Å². The average Bonchev–Trinajstić information content (AvgIpc) is 3.22. The molecule has 1 aliphatic carbocycles. The summed E-state index contributed by atoms with van der Waals surface area (Å²) in [6.45, 7) is 4.67. The second kappa shape index (κ2) is 7.15. The zero-order chi connectivity index (χ0) is 13.7. The van der Waals surface area contributed by atoms with Gasteiger partial charge in [0.1, 0.15) is 0 Å². The number of hydrogen-bond acceptors (Lipinski definition) is 3. The highest BCUT2D eigenvalue weighted by Gasteiger charge is 2.21. The fraction of sp³-hybridized carbons (Fsp3) is 0.600. The van der Waals surface area contributed by atoms with Gasteiger partial charge < -0.3 is 14.8 Å². The molecule has 0 bridgehead atoms. The highest BCUT2D eigenvalue weighted by Crippen LogP contribution is 2.38. The van der Waals surface area contributed by atoms with Gasteiger partial charge in [0.25, 0.3) is 0 Å². The van der Waals surface area contributed by atoms with Crippen LogP contribution in [0.4, 0.5) is 0 Å². The van der Waals surface area contributed by atoms with Crippen LogP contribution in [0.5, 0.6) is 11.5 Å². The Morgan fingerprint density at radius 2 is 2.16 bits per heavy atom. The minimum atomic E-state index is 0.770. The standard InChI is InChI=1S/C15H22BrNO2/c1-3-17-10-12-8-13(16)15(14(9-12)18-2)19-7-6-11-4-5-11/h8-9,11,17H,3-7,10H2,1-2H3. The Kier molecular flexibility index (Phi) is 5.52. The number of benzene rings is 1. The van der Waals surface area contributed by atoms with E-state index in [0.29, 0.717) is 0 Å². The third-order valence-corrected chi connectivity index (χ3v) is 3.93. The molecule has 0 unspecified atom stereocenters. The van der Waals surface area contributed by atoms with Gasteiger partial charge in [-0.25, -0.2) is 0 Å². The molecule has 1 aliphatic rings. The normalized spacial score (nSPS) is 14.5. The molecule has 0 aliphatic heterocycles. The van der Waals surface area contributed by atoms with E-state index < -0.39 is 0 Å². The van der Waals surface area contributed by atoms with E-state index >= 15 is 0 Å². The van der Waals surface area contributed by atoms with Gasteiger partial charge in [0.2, 0.25) is 0 Å². The molecule has 0 amide bonds. The predicted molar refractivity (Wildman–Crippen MR) is 80.9 cm³/mol. The lowest BCUT2D eigenvalue weighted by Gasteiger charge is -2.14. The quantitative estimate of drug-likeness (QED) is 0.788. The molecule has 1 aromatic carbocycles. The molecule has 0 atom stereocenters. The number of methoxy groups -OCH3 is 1. The Labute approximate surface area is 123 Å². The van der Waals surface area contributed by atoms with Crippen molar-refractivity contribution in [2.24, 2.45) is 5.92 Å². The summed E-state index contributed by atoms with van der Waals surface area (Å²) < 4.78 is 12.3. The molecule has 0 saturated heterocycles. The van der Waals surface area contributed by atoms with E-state index in [1.807, 2.05) is 6.07 Å². The zero-order valence-electron chi connectivity index (χ0n) is 11.7. The molecular formula is C15H22BrNO2. The summed E-state index contributed by atoms with van der Waals surface area (Å²) in [4.78, 5) is 0. The highest BCUT2D eigenvalue weighted by molar-refractivity contribution is 9.10. The molecule has 4 heteroatoms. The van der Waals surface area contributed by atoms with E-state index in [-0.39, 0.29) is 0 Å². The van der Waals surface area contributed by atoms with E-state index in [1.54, 1.807) is 7.11 Å². The maximum absolute atomic E-state index is 5.88. The lowest BCUT2D eigenvalue weighted by Crippen LogP contribution is -2.12. The summed E-state index contributed by atoms with van der Waals surface area (Å²) in [5.41, 5.74) is 1.19. The van der Waals surface area contributed by atoms with Crippen LogP contribution in [0.2, 0.25) is 0 Å². The Morgan fingerprint density at radius 1 is 1.37 bits per heavy atom. The second-order valence-electron chi connectivity index (χ2n) is 4.97. The van der Waals surface area contributed by atoms with Gasteiger partial charge in [-0.05, 0) is 52.5 Å². The van der Waals surface area contributed by atoms with Crippen molar-refractivity contribution in [2.45, 2.75) is 32.7 Å². The van der Waals surface area contributed by atoms with Crippen molar-refractivity contribution in [2.75, 3.05) is 20.3 Å². The summed E-state index contributed by atoms with van der Waals surface area (Å²) in [5, 5.41) is 3.31. The fourth-order valence-corrected chi connectivity index (χ4v) is 2.62. The molecule has 1 fully saturated rings. The minimum Gasteiger partial charge on any atom is -0.493 e. The smallest absolute Gasteiger partial charge is 0.175 e. The van der Waals surface area contributed by atoms with Crippen molar-refractivity contribution in [1.82, 2.24) is 5.32 Å². The maximum Gasteiger partial charge on any atom is 0.175 e. The maximum atomic E-state index is 5.88. The molecular weight excluding hydrogens is 306 g/mol. The van der Waals surface area contributed by atoms with E-state index in [0.717, 1.165) is 48.0 Å². The van der Waals surface area contributed by atoms with Gasteiger partial charge >= 0.3 is 0 Å². The molecule has 1 N–H and O–H groups in total. The van der Waals surface area contributed by atoms with Gasteiger partial charge in [0.15, 0.2) is 11.5 Å². The van der Waals surface area contributed by atoms with Crippen LogP contribution in [-0.2, 0) is 6.54 Å². The average molecular weight is 328 g/mol. The van der Waals surface area contributed by atoms with Crippen LogP contribution >= 0.6 is 15.9 Å². The molecule has 0 spiro atoms. The molecule has 0 aromatic heterocycles. The van der Waals surface area contributed by atoms with Crippen molar-refractivity contribution in [3.05, 3.63) is 22.2 Å². The first-order valence-electron chi connectivity index (χ1n) is 6.94. The summed E-state index contributed by atoms with van der Waals surface area (Å²) in [7, 11) is 1.69. The Balaban J connectivity index is 2.02. The summed E-state index contributed by atoms with van der Waals surface area (Å²) in [5.74, 6) is 2.51. The number of hydrogen-bond donors (Lipinski definition) is 1. The number of halogens is 1. The lowest BCUT2D eigenvalue weighted by molar-refractivity contribution is 0.281. The summed E-state index contributed by atoms with van der Waals surface area (Å²) in [6, 6.07) is 4.14. The van der Waals surface area contributed by atoms with E-state index in [1.165, 1.54) is 18.4 Å². The minimum absolute atomic E-state index is 0.770. The summed E-state index contributed by atoms with van der Waals surface area (Å²) in [6.07, 6.45) is 3.88. The third-order valence-electron chi connectivity index (χ3n) is 3.34. The van der Waals surface area contributed by atoms with E-state index in [9.17, 15) is 0 Å². The third kappa shape index (κ3) is 4.39. The molecule has 19 heavy (non-hydrogen) atoms. The Bertz CT molecular complexity index is 419. The second-order valence-corrected chi connectivity index (χ2v) is 5.82. The van der Waals surface area contributed by atoms with E-state index in [4.69, 9.17) is 9.47 Å². The number of nitrogens with one attached hydrogen (secondary N) is 1. The first kappa shape index (κ1) is 14.7. The predicted octanol–water partition coefficient (Wildman–Crippen LogP) is 3.75. The van der Waals surface area contributed by atoms with Gasteiger partial charge in [-0.2, -0.15) is 0 Å².